The number of carbonyl (C=O) groups excluding carboxylic acids is 2. The topological polar surface area (TPSA) is 73.2 Å². The zero-order valence-corrected chi connectivity index (χ0v) is 17.7. The molecule has 0 aliphatic rings. The minimum atomic E-state index is -0.865. The Bertz CT molecular complexity index is 988. The molecule has 0 radical (unpaired) electrons. The van der Waals surface area contributed by atoms with Crippen LogP contribution in [0.4, 0.5) is 0 Å². The quantitative estimate of drug-likeness (QED) is 0.549. The Balaban J connectivity index is 1.76. The number of carbonyl (C=O) groups is 2. The van der Waals surface area contributed by atoms with Crippen molar-refractivity contribution in [3.05, 3.63) is 77.8 Å². The Hall–Kier alpha value is -3.12. The molecule has 0 fully saturated rings. The van der Waals surface area contributed by atoms with Crippen LogP contribution in [0, 0.1) is 5.92 Å². The van der Waals surface area contributed by atoms with Gasteiger partial charge in [0.05, 0.1) is 30.1 Å². The van der Waals surface area contributed by atoms with Gasteiger partial charge >= 0.3 is 5.97 Å². The lowest BCUT2D eigenvalue weighted by Gasteiger charge is -2.19. The highest BCUT2D eigenvalue weighted by molar-refractivity contribution is 6.34. The van der Waals surface area contributed by atoms with Crippen molar-refractivity contribution in [2.75, 3.05) is 6.61 Å². The highest BCUT2D eigenvalue weighted by Gasteiger charge is 2.25. The standard InChI is InChI=1S/C23H24ClN3O3/c1-16(2)14-30-23(29)21(13-27-11-10-25-15-27)26-22(28)19-9-8-18(12-20(19)24)17-6-4-3-5-7-17/h3-12,15-16,21H,13-14H2,1-2H3,(H,26,28)/t21-/m0/s1. The Labute approximate surface area is 180 Å². The van der Waals surface area contributed by atoms with Gasteiger partial charge in [-0.2, -0.15) is 0 Å². The van der Waals surface area contributed by atoms with E-state index in [2.05, 4.69) is 10.3 Å². The van der Waals surface area contributed by atoms with E-state index in [0.717, 1.165) is 11.1 Å². The molecule has 6 nitrogen and oxygen atoms in total. The SMILES string of the molecule is CC(C)COC(=O)[C@H](Cn1ccnc1)NC(=O)c1ccc(-c2ccccc2)cc1Cl. The first-order chi connectivity index (χ1) is 14.4. The third kappa shape index (κ3) is 5.70. The number of esters is 1. The summed E-state index contributed by atoms with van der Waals surface area (Å²) in [5.41, 5.74) is 2.20. The van der Waals surface area contributed by atoms with E-state index in [9.17, 15) is 9.59 Å². The first-order valence-corrected chi connectivity index (χ1v) is 10.1. The van der Waals surface area contributed by atoms with Crippen molar-refractivity contribution in [3.63, 3.8) is 0 Å². The number of rotatable bonds is 8. The molecule has 3 aromatic rings. The average molecular weight is 426 g/mol. The van der Waals surface area contributed by atoms with Crippen LogP contribution in [0.1, 0.15) is 24.2 Å². The summed E-state index contributed by atoms with van der Waals surface area (Å²) in [7, 11) is 0. The summed E-state index contributed by atoms with van der Waals surface area (Å²) in [6.45, 7) is 4.39. The normalized spacial score (nSPS) is 11.9. The number of aromatic nitrogens is 2. The van der Waals surface area contributed by atoms with Crippen molar-refractivity contribution in [1.82, 2.24) is 14.9 Å². The van der Waals surface area contributed by atoms with Crippen LogP contribution in [0.2, 0.25) is 5.02 Å². The van der Waals surface area contributed by atoms with Gasteiger partial charge in [0.2, 0.25) is 0 Å². The number of halogens is 1. The van der Waals surface area contributed by atoms with Gasteiger partial charge < -0.3 is 14.6 Å². The van der Waals surface area contributed by atoms with E-state index >= 15 is 0 Å². The molecule has 2 aromatic carbocycles. The van der Waals surface area contributed by atoms with Crippen LogP contribution in [-0.2, 0) is 16.1 Å². The summed E-state index contributed by atoms with van der Waals surface area (Å²) in [6, 6.07) is 14.1. The number of amides is 1. The second-order valence-corrected chi connectivity index (χ2v) is 7.78. The number of hydrogen-bond acceptors (Lipinski definition) is 4. The van der Waals surface area contributed by atoms with E-state index in [-0.39, 0.29) is 19.1 Å². The lowest BCUT2D eigenvalue weighted by molar-refractivity contribution is -0.147. The molecular weight excluding hydrogens is 402 g/mol. The number of imidazole rings is 1. The van der Waals surface area contributed by atoms with Gasteiger partial charge in [-0.3, -0.25) is 4.79 Å². The first-order valence-electron chi connectivity index (χ1n) is 9.72. The summed E-state index contributed by atoms with van der Waals surface area (Å²) >= 11 is 6.39. The molecule has 0 saturated carbocycles. The molecule has 0 bridgehead atoms. The van der Waals surface area contributed by atoms with Crippen LogP contribution in [0.5, 0.6) is 0 Å². The van der Waals surface area contributed by atoms with Crippen LogP contribution >= 0.6 is 11.6 Å². The van der Waals surface area contributed by atoms with Crippen LogP contribution in [0.15, 0.2) is 67.3 Å². The fourth-order valence-electron chi connectivity index (χ4n) is 2.88. The zero-order chi connectivity index (χ0) is 21.5. The molecule has 156 valence electrons. The van der Waals surface area contributed by atoms with E-state index in [1.807, 2.05) is 50.2 Å². The second kappa shape index (κ2) is 10.1. The Kier molecular flexibility index (Phi) is 7.25. The van der Waals surface area contributed by atoms with Gasteiger partial charge in [0, 0.05) is 12.4 Å². The molecule has 3 rings (SSSR count). The molecule has 1 aromatic heterocycles. The summed E-state index contributed by atoms with van der Waals surface area (Å²) in [5.74, 6) is -0.743. The van der Waals surface area contributed by atoms with Crippen molar-refractivity contribution < 1.29 is 14.3 Å². The molecule has 1 N–H and O–H groups in total. The highest BCUT2D eigenvalue weighted by atomic mass is 35.5. The predicted octanol–water partition coefficient (Wildman–Crippen LogP) is 4.20. The molecule has 30 heavy (non-hydrogen) atoms. The number of nitrogens with one attached hydrogen (secondary N) is 1. The Morgan fingerprint density at radius 2 is 1.90 bits per heavy atom. The molecule has 1 atom stereocenters. The molecule has 7 heteroatoms. The van der Waals surface area contributed by atoms with E-state index in [1.54, 1.807) is 35.4 Å². The van der Waals surface area contributed by atoms with Gasteiger partial charge in [0.25, 0.3) is 5.91 Å². The fraction of sp³-hybridized carbons (Fsp3) is 0.261. The zero-order valence-electron chi connectivity index (χ0n) is 16.9. The fourth-order valence-corrected chi connectivity index (χ4v) is 3.15. The molecule has 0 unspecified atom stereocenters. The van der Waals surface area contributed by atoms with E-state index < -0.39 is 17.9 Å². The third-order valence-corrected chi connectivity index (χ3v) is 4.73. The van der Waals surface area contributed by atoms with Gasteiger partial charge in [-0.05, 0) is 29.2 Å². The molecule has 0 aliphatic heterocycles. The van der Waals surface area contributed by atoms with Gasteiger partial charge in [-0.25, -0.2) is 9.78 Å². The lowest BCUT2D eigenvalue weighted by atomic mass is 10.0. The molecule has 0 aliphatic carbocycles. The molecular formula is C23H24ClN3O3. The minimum absolute atomic E-state index is 0.193. The monoisotopic (exact) mass is 425 g/mol. The number of benzene rings is 2. The summed E-state index contributed by atoms with van der Waals surface area (Å²) in [4.78, 5) is 29.4. The maximum atomic E-state index is 12.9. The van der Waals surface area contributed by atoms with Crippen molar-refractivity contribution in [3.8, 4) is 11.1 Å². The van der Waals surface area contributed by atoms with Crippen molar-refractivity contribution >= 4 is 23.5 Å². The maximum Gasteiger partial charge on any atom is 0.330 e. The third-order valence-electron chi connectivity index (χ3n) is 4.42. The molecule has 0 saturated heterocycles. The van der Waals surface area contributed by atoms with Crippen molar-refractivity contribution in [1.29, 1.82) is 0 Å². The summed E-state index contributed by atoms with van der Waals surface area (Å²) in [6.07, 6.45) is 4.91. The van der Waals surface area contributed by atoms with Crippen LogP contribution in [0.3, 0.4) is 0 Å². The number of ether oxygens (including phenoxy) is 1. The Morgan fingerprint density at radius 1 is 1.13 bits per heavy atom. The van der Waals surface area contributed by atoms with Gasteiger partial charge in [0.15, 0.2) is 0 Å². The van der Waals surface area contributed by atoms with Crippen molar-refractivity contribution in [2.45, 2.75) is 26.4 Å². The number of nitrogens with zero attached hydrogens (tertiary/aromatic N) is 2. The Morgan fingerprint density at radius 3 is 2.53 bits per heavy atom. The van der Waals surface area contributed by atoms with Crippen LogP contribution in [0.25, 0.3) is 11.1 Å². The lowest BCUT2D eigenvalue weighted by Crippen LogP contribution is -2.45. The first kappa shape index (κ1) is 21.6. The number of hydrogen-bond donors (Lipinski definition) is 1. The second-order valence-electron chi connectivity index (χ2n) is 7.37. The minimum Gasteiger partial charge on any atom is -0.464 e. The summed E-state index contributed by atoms with van der Waals surface area (Å²) in [5, 5.41) is 3.06. The van der Waals surface area contributed by atoms with Crippen LogP contribution < -0.4 is 5.32 Å². The van der Waals surface area contributed by atoms with Gasteiger partial charge in [-0.15, -0.1) is 0 Å². The predicted molar refractivity (Wildman–Crippen MR) is 116 cm³/mol. The van der Waals surface area contributed by atoms with Gasteiger partial charge in [-0.1, -0.05) is 61.8 Å². The van der Waals surface area contributed by atoms with E-state index in [1.165, 1.54) is 0 Å². The van der Waals surface area contributed by atoms with Crippen molar-refractivity contribution in [2.24, 2.45) is 5.92 Å². The maximum absolute atomic E-state index is 12.9. The highest BCUT2D eigenvalue weighted by Crippen LogP contribution is 2.25. The van der Waals surface area contributed by atoms with E-state index in [0.29, 0.717) is 10.6 Å². The largest absolute Gasteiger partial charge is 0.464 e. The van der Waals surface area contributed by atoms with Crippen LogP contribution in [-0.4, -0.2) is 34.1 Å². The van der Waals surface area contributed by atoms with Gasteiger partial charge in [0.1, 0.15) is 6.04 Å². The van der Waals surface area contributed by atoms with E-state index in [4.69, 9.17) is 16.3 Å². The molecule has 0 spiro atoms. The summed E-state index contributed by atoms with van der Waals surface area (Å²) < 4.78 is 7.05. The smallest absolute Gasteiger partial charge is 0.330 e. The average Bonchev–Trinajstić information content (AvgIpc) is 3.25. The molecule has 1 heterocycles. The molecule has 1 amide bonds.